The van der Waals surface area contributed by atoms with Gasteiger partial charge in [-0.05, 0) is 71.9 Å². The SMILES string of the molecule is CC[C@H](C)[C@H](N)C(=O)n1c(Br)c2c3c(cccc31)C1=C[C@@H](C(=O)N(CC)CC)CN(C)[C@@H]1C2. The van der Waals surface area contributed by atoms with Gasteiger partial charge in [0.15, 0.2) is 0 Å². The number of rotatable bonds is 6. The van der Waals surface area contributed by atoms with Crippen LogP contribution in [0.15, 0.2) is 28.9 Å². The van der Waals surface area contributed by atoms with Gasteiger partial charge in [-0.3, -0.25) is 19.1 Å². The maximum atomic E-state index is 13.4. The van der Waals surface area contributed by atoms with Crippen molar-refractivity contribution in [2.24, 2.45) is 17.6 Å². The van der Waals surface area contributed by atoms with Crippen LogP contribution in [0.3, 0.4) is 0 Å². The molecular weight excluding hydrogens is 480 g/mol. The smallest absolute Gasteiger partial charge is 0.249 e. The highest BCUT2D eigenvalue weighted by atomic mass is 79.9. The van der Waals surface area contributed by atoms with Crippen molar-refractivity contribution in [1.82, 2.24) is 14.4 Å². The second kappa shape index (κ2) is 9.35. The molecule has 0 saturated carbocycles. The van der Waals surface area contributed by atoms with Gasteiger partial charge in [0.1, 0.15) is 0 Å². The molecule has 0 unspecified atom stereocenters. The standard InChI is InChI=1S/C26H35BrN4O2/c1-6-15(4)23(28)26(33)31-20-11-9-10-17-18-12-16(25(32)30(7-2)8-3)14-29(5)21(18)13-19(22(17)20)24(31)27/h9-12,15-16,21,23H,6-8,13-14,28H2,1-5H3/t15-,16+,21+,23-/m0/s1. The van der Waals surface area contributed by atoms with E-state index in [4.69, 9.17) is 5.73 Å². The summed E-state index contributed by atoms with van der Waals surface area (Å²) < 4.78 is 2.57. The zero-order valence-electron chi connectivity index (χ0n) is 20.3. The highest BCUT2D eigenvalue weighted by Gasteiger charge is 2.39. The Labute approximate surface area is 204 Å². The van der Waals surface area contributed by atoms with E-state index in [-0.39, 0.29) is 29.7 Å². The molecule has 2 heterocycles. The van der Waals surface area contributed by atoms with Crippen LogP contribution in [-0.2, 0) is 11.2 Å². The Morgan fingerprint density at radius 2 is 1.94 bits per heavy atom. The molecule has 0 spiro atoms. The van der Waals surface area contributed by atoms with E-state index < -0.39 is 6.04 Å². The fraction of sp³-hybridized carbons (Fsp3) is 0.538. The van der Waals surface area contributed by atoms with Gasteiger partial charge in [-0.15, -0.1) is 0 Å². The molecule has 1 aliphatic carbocycles. The number of aromatic nitrogens is 1. The van der Waals surface area contributed by atoms with Crippen molar-refractivity contribution in [3.63, 3.8) is 0 Å². The van der Waals surface area contributed by atoms with Gasteiger partial charge >= 0.3 is 0 Å². The average molecular weight is 515 g/mol. The summed E-state index contributed by atoms with van der Waals surface area (Å²) >= 11 is 3.76. The molecule has 33 heavy (non-hydrogen) atoms. The number of fused-ring (bicyclic) bond motifs is 2. The Kier molecular flexibility index (Phi) is 6.85. The highest BCUT2D eigenvalue weighted by Crippen LogP contribution is 2.45. The Morgan fingerprint density at radius 3 is 2.58 bits per heavy atom. The summed E-state index contributed by atoms with van der Waals surface area (Å²) in [5.74, 6) is 0.0430. The number of nitrogens with two attached hydrogens (primary N) is 1. The first kappa shape index (κ1) is 24.2. The topological polar surface area (TPSA) is 71.6 Å². The van der Waals surface area contributed by atoms with Crippen molar-refractivity contribution in [3.05, 3.63) is 40.0 Å². The quantitative estimate of drug-likeness (QED) is 0.628. The first-order valence-electron chi connectivity index (χ1n) is 12.1. The lowest BCUT2D eigenvalue weighted by molar-refractivity contribution is -0.134. The summed E-state index contributed by atoms with van der Waals surface area (Å²) in [6, 6.07) is 5.75. The van der Waals surface area contributed by atoms with Gasteiger partial charge in [-0.25, -0.2) is 0 Å². The Hall–Kier alpha value is -1.96. The Balaban J connectivity index is 1.85. The molecule has 2 N–H and O–H groups in total. The number of carbonyl (C=O) groups is 2. The number of carbonyl (C=O) groups excluding carboxylic acids is 2. The van der Waals surface area contributed by atoms with E-state index in [1.807, 2.05) is 37.8 Å². The van der Waals surface area contributed by atoms with Crippen LogP contribution >= 0.6 is 15.9 Å². The highest BCUT2D eigenvalue weighted by molar-refractivity contribution is 9.10. The number of hydrogen-bond acceptors (Lipinski definition) is 4. The van der Waals surface area contributed by atoms with Gasteiger partial charge in [-0.2, -0.15) is 0 Å². The first-order chi connectivity index (χ1) is 15.7. The number of benzene rings is 1. The number of halogens is 1. The van der Waals surface area contributed by atoms with Gasteiger partial charge in [-0.1, -0.05) is 38.5 Å². The third-order valence-electron chi connectivity index (χ3n) is 7.65. The molecule has 2 aromatic rings. The lowest BCUT2D eigenvalue weighted by Gasteiger charge is -2.40. The molecular formula is C26H35BrN4O2. The van der Waals surface area contributed by atoms with Crippen LogP contribution < -0.4 is 5.73 Å². The fourth-order valence-electron chi connectivity index (χ4n) is 5.38. The molecule has 7 heteroatoms. The molecule has 0 saturated heterocycles. The van der Waals surface area contributed by atoms with E-state index in [2.05, 4.69) is 46.9 Å². The number of likely N-dealkylation sites (N-methyl/N-ethyl adjacent to an activating group) is 1. The van der Waals surface area contributed by atoms with E-state index in [0.29, 0.717) is 6.54 Å². The molecule has 1 aromatic heterocycles. The van der Waals surface area contributed by atoms with E-state index in [0.717, 1.165) is 52.6 Å². The summed E-state index contributed by atoms with van der Waals surface area (Å²) in [5.41, 5.74) is 10.7. The van der Waals surface area contributed by atoms with Crippen molar-refractivity contribution in [2.75, 3.05) is 26.7 Å². The molecule has 0 fully saturated rings. The summed E-state index contributed by atoms with van der Waals surface area (Å²) in [6.45, 7) is 10.3. The predicted octanol–water partition coefficient (Wildman–Crippen LogP) is 4.16. The van der Waals surface area contributed by atoms with Crippen molar-refractivity contribution < 1.29 is 9.59 Å². The van der Waals surface area contributed by atoms with Crippen molar-refractivity contribution in [3.8, 4) is 0 Å². The molecule has 0 radical (unpaired) electrons. The van der Waals surface area contributed by atoms with Crippen molar-refractivity contribution >= 4 is 44.2 Å². The van der Waals surface area contributed by atoms with Crippen LogP contribution in [0.5, 0.6) is 0 Å². The zero-order chi connectivity index (χ0) is 24.0. The lowest BCUT2D eigenvalue weighted by Crippen LogP contribution is -2.47. The van der Waals surface area contributed by atoms with Gasteiger partial charge in [0.05, 0.1) is 22.1 Å². The van der Waals surface area contributed by atoms with Crippen LogP contribution in [0.2, 0.25) is 0 Å². The maximum absolute atomic E-state index is 13.4. The summed E-state index contributed by atoms with van der Waals surface area (Å²) in [6.07, 6.45) is 3.83. The van der Waals surface area contributed by atoms with Crippen molar-refractivity contribution in [2.45, 2.75) is 52.6 Å². The van der Waals surface area contributed by atoms with Gasteiger partial charge in [0, 0.05) is 31.1 Å². The minimum Gasteiger partial charge on any atom is -0.343 e. The van der Waals surface area contributed by atoms with Crippen molar-refractivity contribution in [1.29, 1.82) is 0 Å². The summed E-state index contributed by atoms with van der Waals surface area (Å²) in [5, 5.41) is 1.10. The fourth-order valence-corrected chi connectivity index (χ4v) is 6.11. The zero-order valence-corrected chi connectivity index (χ0v) is 21.9. The van der Waals surface area contributed by atoms with Crippen LogP contribution in [0.25, 0.3) is 16.5 Å². The largest absolute Gasteiger partial charge is 0.343 e. The van der Waals surface area contributed by atoms with E-state index in [9.17, 15) is 9.59 Å². The van der Waals surface area contributed by atoms with Gasteiger partial charge in [0.2, 0.25) is 11.8 Å². The molecule has 2 aliphatic rings. The summed E-state index contributed by atoms with van der Waals surface area (Å²) in [7, 11) is 2.10. The second-order valence-corrected chi connectivity index (χ2v) is 10.2. The third kappa shape index (κ3) is 3.88. The van der Waals surface area contributed by atoms with Crippen LogP contribution in [0.4, 0.5) is 0 Å². The number of amides is 1. The molecule has 1 aromatic carbocycles. The predicted molar refractivity (Wildman–Crippen MR) is 137 cm³/mol. The Bertz CT molecular complexity index is 1120. The average Bonchev–Trinajstić information content (AvgIpc) is 3.11. The normalized spacial score (nSPS) is 22.0. The second-order valence-electron chi connectivity index (χ2n) is 9.45. The van der Waals surface area contributed by atoms with E-state index >= 15 is 0 Å². The molecule has 1 amide bonds. The third-order valence-corrected chi connectivity index (χ3v) is 8.48. The monoisotopic (exact) mass is 514 g/mol. The Morgan fingerprint density at radius 1 is 1.24 bits per heavy atom. The van der Waals surface area contributed by atoms with E-state index in [1.165, 1.54) is 5.57 Å². The molecule has 6 nitrogen and oxygen atoms in total. The molecule has 1 aliphatic heterocycles. The maximum Gasteiger partial charge on any atom is 0.249 e. The summed E-state index contributed by atoms with van der Waals surface area (Å²) in [4.78, 5) is 30.8. The first-order valence-corrected chi connectivity index (χ1v) is 12.9. The van der Waals surface area contributed by atoms with E-state index in [1.54, 1.807) is 4.57 Å². The number of nitrogens with zero attached hydrogens (tertiary/aromatic N) is 3. The van der Waals surface area contributed by atoms with Crippen LogP contribution in [0, 0.1) is 11.8 Å². The minimum atomic E-state index is -0.556. The molecule has 4 rings (SSSR count). The van der Waals surface area contributed by atoms with Gasteiger partial charge < -0.3 is 10.6 Å². The van der Waals surface area contributed by atoms with Crippen LogP contribution in [-0.4, -0.2) is 64.9 Å². The lowest BCUT2D eigenvalue weighted by atomic mass is 9.79. The van der Waals surface area contributed by atoms with Gasteiger partial charge in [0.25, 0.3) is 0 Å². The number of hydrogen-bond donors (Lipinski definition) is 1. The molecule has 0 bridgehead atoms. The minimum absolute atomic E-state index is 0.0774. The molecule has 4 atom stereocenters. The van der Waals surface area contributed by atoms with Crippen LogP contribution in [0.1, 0.15) is 50.0 Å². The molecule has 178 valence electrons.